The smallest absolute Gasteiger partial charge is 0.319 e. The fourth-order valence-electron chi connectivity index (χ4n) is 3.45. The van der Waals surface area contributed by atoms with Gasteiger partial charge < -0.3 is 20.3 Å². The second-order valence-electron chi connectivity index (χ2n) is 7.48. The van der Waals surface area contributed by atoms with Gasteiger partial charge in [0.25, 0.3) is 0 Å². The molecule has 3 rings (SSSR count). The van der Waals surface area contributed by atoms with Crippen molar-refractivity contribution in [3.63, 3.8) is 0 Å². The normalized spacial score (nSPS) is 19.2. The summed E-state index contributed by atoms with van der Waals surface area (Å²) >= 11 is 5.77. The van der Waals surface area contributed by atoms with E-state index in [0.717, 1.165) is 0 Å². The van der Waals surface area contributed by atoms with Gasteiger partial charge in [0, 0.05) is 30.3 Å². The maximum atomic E-state index is 14.6. The van der Waals surface area contributed by atoms with Gasteiger partial charge in [-0.15, -0.1) is 0 Å². The molecule has 0 aromatic heterocycles. The Labute approximate surface area is 186 Å². The molecule has 2 aromatic carbocycles. The number of halogens is 2. The van der Waals surface area contributed by atoms with Crippen molar-refractivity contribution in [2.75, 3.05) is 35.6 Å². The van der Waals surface area contributed by atoms with E-state index in [1.807, 2.05) is 18.7 Å². The van der Waals surface area contributed by atoms with E-state index in [-0.39, 0.29) is 35.1 Å². The maximum absolute atomic E-state index is 14.6. The number of anilines is 2. The zero-order valence-electron chi connectivity index (χ0n) is 17.3. The number of urea groups is 1. The van der Waals surface area contributed by atoms with Crippen LogP contribution in [0.5, 0.6) is 0 Å². The van der Waals surface area contributed by atoms with Crippen molar-refractivity contribution in [3.8, 4) is 0 Å². The van der Waals surface area contributed by atoms with Gasteiger partial charge in [-0.05, 0) is 56.3 Å². The zero-order chi connectivity index (χ0) is 22.6. The van der Waals surface area contributed by atoms with Crippen molar-refractivity contribution in [3.05, 3.63) is 53.3 Å². The molecule has 0 saturated carbocycles. The second-order valence-corrected chi connectivity index (χ2v) is 10.0. The first-order valence-corrected chi connectivity index (χ1v) is 11.9. The van der Waals surface area contributed by atoms with Crippen LogP contribution < -0.4 is 15.5 Å². The molecule has 1 aliphatic heterocycles. The highest BCUT2D eigenvalue weighted by atomic mass is 35.5. The standard InChI is InChI=1S/C21H25ClFN3O4S/c1-14-12-26(13-15(2)30-14)20-8-5-17(11-19(20)23)25-21(27)24-9-10-31(28,29)18-6-3-16(22)4-7-18/h3-8,11,14-15H,9-10,12-13H2,1-2H3,(H2,24,25,27)/t14-,15-/m0/s1. The van der Waals surface area contributed by atoms with Crippen molar-refractivity contribution < 1.29 is 22.3 Å². The quantitative estimate of drug-likeness (QED) is 0.673. The Morgan fingerprint density at radius 2 is 1.81 bits per heavy atom. The van der Waals surface area contributed by atoms with Crippen molar-refractivity contribution >= 4 is 38.8 Å². The minimum absolute atomic E-state index is 0.00381. The van der Waals surface area contributed by atoms with Crippen LogP contribution in [0.2, 0.25) is 5.02 Å². The van der Waals surface area contributed by atoms with Crippen molar-refractivity contribution in [1.29, 1.82) is 0 Å². The molecule has 1 heterocycles. The van der Waals surface area contributed by atoms with Crippen molar-refractivity contribution in [1.82, 2.24) is 5.32 Å². The van der Waals surface area contributed by atoms with Crippen LogP contribution in [-0.2, 0) is 14.6 Å². The van der Waals surface area contributed by atoms with E-state index in [1.165, 1.54) is 30.3 Å². The minimum Gasteiger partial charge on any atom is -0.372 e. The number of ether oxygens (including phenoxy) is 1. The summed E-state index contributed by atoms with van der Waals surface area (Å²) in [5.41, 5.74) is 0.718. The Morgan fingerprint density at radius 1 is 1.16 bits per heavy atom. The van der Waals surface area contributed by atoms with Gasteiger partial charge in [0.2, 0.25) is 0 Å². The molecular weight excluding hydrogens is 445 g/mol. The molecule has 0 radical (unpaired) electrons. The molecular formula is C21H25ClFN3O4S. The molecule has 0 unspecified atom stereocenters. The summed E-state index contributed by atoms with van der Waals surface area (Å²) in [4.78, 5) is 14.1. The molecule has 1 fully saturated rings. The Morgan fingerprint density at radius 3 is 2.42 bits per heavy atom. The molecule has 168 valence electrons. The second kappa shape index (κ2) is 9.84. The first-order chi connectivity index (χ1) is 14.6. The minimum atomic E-state index is -3.56. The fraction of sp³-hybridized carbons (Fsp3) is 0.381. The number of amides is 2. The lowest BCUT2D eigenvalue weighted by atomic mass is 10.2. The molecule has 2 N–H and O–H groups in total. The number of carbonyl (C=O) groups is 1. The summed E-state index contributed by atoms with van der Waals surface area (Å²) in [6.45, 7) is 4.94. The van der Waals surface area contributed by atoms with Gasteiger partial charge in [0.15, 0.2) is 9.84 Å². The number of hydrogen-bond acceptors (Lipinski definition) is 5. The average Bonchev–Trinajstić information content (AvgIpc) is 2.67. The highest BCUT2D eigenvalue weighted by Crippen LogP contribution is 2.26. The van der Waals surface area contributed by atoms with E-state index in [4.69, 9.17) is 16.3 Å². The molecule has 31 heavy (non-hydrogen) atoms. The molecule has 7 nitrogen and oxygen atoms in total. The third kappa shape index (κ3) is 6.32. The SMILES string of the molecule is C[C@H]1CN(c2ccc(NC(=O)NCCS(=O)(=O)c3ccc(Cl)cc3)cc2F)C[C@H](C)O1. The lowest BCUT2D eigenvalue weighted by Gasteiger charge is -2.37. The molecule has 2 atom stereocenters. The number of morpholine rings is 1. The topological polar surface area (TPSA) is 87.7 Å². The summed E-state index contributed by atoms with van der Waals surface area (Å²) in [5.74, 6) is -0.729. The lowest BCUT2D eigenvalue weighted by molar-refractivity contribution is -0.00539. The predicted molar refractivity (Wildman–Crippen MR) is 119 cm³/mol. The Balaban J connectivity index is 1.53. The number of sulfone groups is 1. The number of hydrogen-bond donors (Lipinski definition) is 2. The van der Waals surface area contributed by atoms with Gasteiger partial charge in [-0.2, -0.15) is 0 Å². The van der Waals surface area contributed by atoms with Crippen LogP contribution in [0.3, 0.4) is 0 Å². The van der Waals surface area contributed by atoms with Gasteiger partial charge in [-0.25, -0.2) is 17.6 Å². The molecule has 0 aliphatic carbocycles. The monoisotopic (exact) mass is 469 g/mol. The summed E-state index contributed by atoms with van der Waals surface area (Å²) < 4.78 is 44.9. The van der Waals surface area contributed by atoms with E-state index in [0.29, 0.717) is 23.8 Å². The fourth-order valence-corrected chi connectivity index (χ4v) is 4.73. The van der Waals surface area contributed by atoms with E-state index in [2.05, 4.69) is 10.6 Å². The molecule has 0 spiro atoms. The number of nitrogens with zero attached hydrogens (tertiary/aromatic N) is 1. The lowest BCUT2D eigenvalue weighted by Crippen LogP contribution is -2.45. The van der Waals surface area contributed by atoms with Gasteiger partial charge in [-0.3, -0.25) is 0 Å². The summed E-state index contributed by atoms with van der Waals surface area (Å²) in [7, 11) is -3.56. The van der Waals surface area contributed by atoms with Gasteiger partial charge in [0.1, 0.15) is 5.82 Å². The molecule has 2 amide bonds. The average molecular weight is 470 g/mol. The van der Waals surface area contributed by atoms with E-state index in [9.17, 15) is 17.6 Å². The van der Waals surface area contributed by atoms with E-state index >= 15 is 0 Å². The number of carbonyl (C=O) groups excluding carboxylic acids is 1. The Hall–Kier alpha value is -2.36. The van der Waals surface area contributed by atoms with Crippen LogP contribution in [0, 0.1) is 5.82 Å². The Bertz CT molecular complexity index is 1020. The molecule has 2 aromatic rings. The predicted octanol–water partition coefficient (Wildman–Crippen LogP) is 3.69. The highest BCUT2D eigenvalue weighted by Gasteiger charge is 2.24. The van der Waals surface area contributed by atoms with Gasteiger partial charge in [0.05, 0.1) is 28.5 Å². The van der Waals surface area contributed by atoms with Crippen molar-refractivity contribution in [2.45, 2.75) is 31.0 Å². The number of benzene rings is 2. The van der Waals surface area contributed by atoms with E-state index in [1.54, 1.807) is 12.1 Å². The van der Waals surface area contributed by atoms with Crippen LogP contribution in [0.4, 0.5) is 20.6 Å². The molecule has 1 saturated heterocycles. The maximum Gasteiger partial charge on any atom is 0.319 e. The van der Waals surface area contributed by atoms with Crippen LogP contribution in [0.25, 0.3) is 0 Å². The van der Waals surface area contributed by atoms with Crippen LogP contribution in [0.1, 0.15) is 13.8 Å². The largest absolute Gasteiger partial charge is 0.372 e. The number of nitrogens with one attached hydrogen (secondary N) is 2. The highest BCUT2D eigenvalue weighted by molar-refractivity contribution is 7.91. The van der Waals surface area contributed by atoms with Crippen molar-refractivity contribution in [2.24, 2.45) is 0 Å². The zero-order valence-corrected chi connectivity index (χ0v) is 18.8. The van der Waals surface area contributed by atoms with Crippen LogP contribution in [-0.4, -0.2) is 52.0 Å². The number of rotatable bonds is 6. The van der Waals surface area contributed by atoms with E-state index < -0.39 is 21.7 Å². The van der Waals surface area contributed by atoms with Gasteiger partial charge >= 0.3 is 6.03 Å². The summed E-state index contributed by atoms with van der Waals surface area (Å²) in [5, 5.41) is 5.43. The van der Waals surface area contributed by atoms with Crippen LogP contribution >= 0.6 is 11.6 Å². The summed E-state index contributed by atoms with van der Waals surface area (Å²) in [6, 6.07) is 9.65. The third-order valence-electron chi connectivity index (χ3n) is 4.79. The van der Waals surface area contributed by atoms with Gasteiger partial charge in [-0.1, -0.05) is 11.6 Å². The first kappa shape index (κ1) is 23.3. The first-order valence-electron chi connectivity index (χ1n) is 9.87. The van der Waals surface area contributed by atoms with Crippen LogP contribution in [0.15, 0.2) is 47.4 Å². The third-order valence-corrected chi connectivity index (χ3v) is 6.78. The molecule has 0 bridgehead atoms. The summed E-state index contributed by atoms with van der Waals surface area (Å²) in [6.07, 6.45) is -0.00763. The molecule has 10 heteroatoms. The molecule has 1 aliphatic rings. The Kier molecular flexibility index (Phi) is 7.40.